The Labute approximate surface area is 155 Å². The molecule has 0 N–H and O–H groups in total. The van der Waals surface area contributed by atoms with Gasteiger partial charge in [0, 0.05) is 12.6 Å². The Morgan fingerprint density at radius 3 is 2.56 bits per heavy atom. The topological polar surface area (TPSA) is 20.3 Å². The van der Waals surface area contributed by atoms with Crippen molar-refractivity contribution in [3.05, 3.63) is 70.7 Å². The molecule has 2 nitrogen and oxygen atoms in total. The van der Waals surface area contributed by atoms with Crippen LogP contribution >= 0.6 is 11.6 Å². The predicted octanol–water partition coefficient (Wildman–Crippen LogP) is 5.92. The standard InChI is InChI=1S/C22H26ClNO/c1-2-3-11-19-16-18(17-9-5-4-6-10-17)14-15-24(19)22(25)20-12-7-8-13-21(20)23/h4-10,12-13,18-19H,2-3,11,14-16H2,1H3/t18-,19-/m1/s1. The summed E-state index contributed by atoms with van der Waals surface area (Å²) in [5, 5.41) is 0.548. The van der Waals surface area contributed by atoms with Gasteiger partial charge < -0.3 is 4.90 Å². The first-order valence-corrected chi connectivity index (χ1v) is 9.69. The molecule has 1 aliphatic heterocycles. The van der Waals surface area contributed by atoms with E-state index >= 15 is 0 Å². The van der Waals surface area contributed by atoms with Crippen LogP contribution in [-0.2, 0) is 0 Å². The lowest BCUT2D eigenvalue weighted by atomic mass is 9.83. The molecule has 0 spiro atoms. The quantitative estimate of drug-likeness (QED) is 0.652. The summed E-state index contributed by atoms with van der Waals surface area (Å²) in [5.74, 6) is 0.622. The van der Waals surface area contributed by atoms with Crippen molar-refractivity contribution in [1.82, 2.24) is 4.90 Å². The lowest BCUT2D eigenvalue weighted by molar-refractivity contribution is 0.0575. The van der Waals surface area contributed by atoms with Gasteiger partial charge in [-0.05, 0) is 42.9 Å². The second-order valence-corrected chi connectivity index (χ2v) is 7.31. The Hall–Kier alpha value is -1.80. The monoisotopic (exact) mass is 355 g/mol. The lowest BCUT2D eigenvalue weighted by Gasteiger charge is -2.40. The molecular weight excluding hydrogens is 330 g/mol. The van der Waals surface area contributed by atoms with Gasteiger partial charge in [0.15, 0.2) is 0 Å². The number of nitrogens with zero attached hydrogens (tertiary/aromatic N) is 1. The molecule has 3 rings (SSSR count). The Morgan fingerprint density at radius 1 is 1.12 bits per heavy atom. The molecule has 1 aliphatic rings. The fourth-order valence-corrected chi connectivity index (χ4v) is 4.07. The summed E-state index contributed by atoms with van der Waals surface area (Å²) < 4.78 is 0. The van der Waals surface area contributed by atoms with Gasteiger partial charge in [-0.15, -0.1) is 0 Å². The summed E-state index contributed by atoms with van der Waals surface area (Å²) in [5.41, 5.74) is 2.03. The number of unbranched alkanes of at least 4 members (excludes halogenated alkanes) is 1. The van der Waals surface area contributed by atoms with E-state index in [1.165, 1.54) is 5.56 Å². The third kappa shape index (κ3) is 4.24. The molecule has 1 fully saturated rings. The normalized spacial score (nSPS) is 20.5. The van der Waals surface area contributed by atoms with Crippen LogP contribution in [0.4, 0.5) is 0 Å². The van der Waals surface area contributed by atoms with E-state index in [-0.39, 0.29) is 5.91 Å². The highest BCUT2D eigenvalue weighted by Gasteiger charge is 2.32. The average molecular weight is 356 g/mol. The van der Waals surface area contributed by atoms with Gasteiger partial charge in [0.25, 0.3) is 5.91 Å². The van der Waals surface area contributed by atoms with E-state index in [2.05, 4.69) is 42.2 Å². The third-order valence-electron chi connectivity index (χ3n) is 5.24. The molecule has 0 saturated carbocycles. The van der Waals surface area contributed by atoms with Crippen LogP contribution in [-0.4, -0.2) is 23.4 Å². The van der Waals surface area contributed by atoms with Gasteiger partial charge in [0.2, 0.25) is 0 Å². The molecule has 2 atom stereocenters. The maximum absolute atomic E-state index is 13.1. The van der Waals surface area contributed by atoms with Gasteiger partial charge in [0.05, 0.1) is 10.6 Å². The van der Waals surface area contributed by atoms with Crippen LogP contribution in [0.15, 0.2) is 54.6 Å². The molecule has 132 valence electrons. The van der Waals surface area contributed by atoms with Crippen molar-refractivity contribution in [1.29, 1.82) is 0 Å². The van der Waals surface area contributed by atoms with E-state index in [0.29, 0.717) is 22.5 Å². The van der Waals surface area contributed by atoms with E-state index in [4.69, 9.17) is 11.6 Å². The first-order valence-electron chi connectivity index (χ1n) is 9.31. The molecule has 2 aromatic rings. The molecule has 0 radical (unpaired) electrons. The fourth-order valence-electron chi connectivity index (χ4n) is 3.85. The highest BCUT2D eigenvalue weighted by molar-refractivity contribution is 6.33. The zero-order chi connectivity index (χ0) is 17.6. The van der Waals surface area contributed by atoms with Crippen molar-refractivity contribution in [2.24, 2.45) is 0 Å². The van der Waals surface area contributed by atoms with Crippen LogP contribution in [0.3, 0.4) is 0 Å². The largest absolute Gasteiger partial charge is 0.336 e. The van der Waals surface area contributed by atoms with Crippen molar-refractivity contribution in [2.45, 2.75) is 51.0 Å². The van der Waals surface area contributed by atoms with Crippen molar-refractivity contribution in [3.63, 3.8) is 0 Å². The van der Waals surface area contributed by atoms with Crippen LogP contribution < -0.4 is 0 Å². The smallest absolute Gasteiger partial charge is 0.255 e. The summed E-state index contributed by atoms with van der Waals surface area (Å²) in [6, 6.07) is 18.4. The molecule has 0 aliphatic carbocycles. The number of amides is 1. The predicted molar refractivity (Wildman–Crippen MR) is 104 cm³/mol. The maximum atomic E-state index is 13.1. The number of hydrogen-bond acceptors (Lipinski definition) is 1. The third-order valence-corrected chi connectivity index (χ3v) is 5.57. The van der Waals surface area contributed by atoms with Crippen LogP contribution in [0.5, 0.6) is 0 Å². The van der Waals surface area contributed by atoms with Gasteiger partial charge in [-0.1, -0.05) is 73.8 Å². The first-order chi connectivity index (χ1) is 12.2. The number of piperidine rings is 1. The summed E-state index contributed by atoms with van der Waals surface area (Å²) in [6.07, 6.45) is 5.43. The molecule has 3 heteroatoms. The van der Waals surface area contributed by atoms with Gasteiger partial charge in [0.1, 0.15) is 0 Å². The fraction of sp³-hybridized carbons (Fsp3) is 0.409. The molecule has 0 unspecified atom stereocenters. The van der Waals surface area contributed by atoms with Gasteiger partial charge >= 0.3 is 0 Å². The van der Waals surface area contributed by atoms with Gasteiger partial charge in [-0.2, -0.15) is 0 Å². The minimum atomic E-state index is 0.0817. The minimum absolute atomic E-state index is 0.0817. The number of benzene rings is 2. The Balaban J connectivity index is 1.79. The second-order valence-electron chi connectivity index (χ2n) is 6.91. The number of carbonyl (C=O) groups is 1. The molecule has 2 aromatic carbocycles. The van der Waals surface area contributed by atoms with E-state index in [1.54, 1.807) is 6.07 Å². The highest BCUT2D eigenvalue weighted by Crippen LogP contribution is 2.34. The second kappa shape index (κ2) is 8.53. The van der Waals surface area contributed by atoms with Crippen LogP contribution in [0, 0.1) is 0 Å². The average Bonchev–Trinajstić information content (AvgIpc) is 2.66. The Morgan fingerprint density at radius 2 is 1.84 bits per heavy atom. The van der Waals surface area contributed by atoms with Crippen molar-refractivity contribution in [2.75, 3.05) is 6.54 Å². The Bertz CT molecular complexity index is 700. The molecule has 1 heterocycles. The van der Waals surface area contributed by atoms with Gasteiger partial charge in [-0.3, -0.25) is 4.79 Å². The van der Waals surface area contributed by atoms with Crippen LogP contribution in [0.2, 0.25) is 5.02 Å². The van der Waals surface area contributed by atoms with E-state index < -0.39 is 0 Å². The molecular formula is C22H26ClNO. The maximum Gasteiger partial charge on any atom is 0.255 e. The van der Waals surface area contributed by atoms with Crippen molar-refractivity contribution < 1.29 is 4.79 Å². The lowest BCUT2D eigenvalue weighted by Crippen LogP contribution is -2.45. The van der Waals surface area contributed by atoms with E-state index in [1.807, 2.05) is 18.2 Å². The van der Waals surface area contributed by atoms with Crippen molar-refractivity contribution >= 4 is 17.5 Å². The number of halogens is 1. The van der Waals surface area contributed by atoms with Crippen LogP contribution in [0.25, 0.3) is 0 Å². The van der Waals surface area contributed by atoms with Crippen LogP contribution in [0.1, 0.15) is 60.9 Å². The summed E-state index contributed by atoms with van der Waals surface area (Å²) >= 11 is 6.27. The molecule has 25 heavy (non-hydrogen) atoms. The Kier molecular flexibility index (Phi) is 6.14. The number of likely N-dealkylation sites (tertiary alicyclic amines) is 1. The molecule has 0 bridgehead atoms. The molecule has 1 saturated heterocycles. The zero-order valence-electron chi connectivity index (χ0n) is 14.8. The minimum Gasteiger partial charge on any atom is -0.336 e. The first kappa shape index (κ1) is 18.0. The number of carbonyl (C=O) groups excluding carboxylic acids is 1. The summed E-state index contributed by atoms with van der Waals surface area (Å²) in [4.78, 5) is 15.1. The highest BCUT2D eigenvalue weighted by atomic mass is 35.5. The van der Waals surface area contributed by atoms with E-state index in [9.17, 15) is 4.79 Å². The molecule has 0 aromatic heterocycles. The SMILES string of the molecule is CCCC[C@@H]1C[C@H](c2ccccc2)CCN1C(=O)c1ccccc1Cl. The number of rotatable bonds is 5. The summed E-state index contributed by atoms with van der Waals surface area (Å²) in [7, 11) is 0. The summed E-state index contributed by atoms with van der Waals surface area (Å²) in [6.45, 7) is 3.01. The van der Waals surface area contributed by atoms with Crippen molar-refractivity contribution in [3.8, 4) is 0 Å². The zero-order valence-corrected chi connectivity index (χ0v) is 15.6. The van der Waals surface area contributed by atoms with E-state index in [0.717, 1.165) is 38.6 Å². The number of hydrogen-bond donors (Lipinski definition) is 0. The molecule has 1 amide bonds. The van der Waals surface area contributed by atoms with Gasteiger partial charge in [-0.25, -0.2) is 0 Å².